The van der Waals surface area contributed by atoms with Crippen molar-refractivity contribution >= 4 is 30.2 Å². The molecule has 0 unspecified atom stereocenters. The minimum Gasteiger partial charge on any atom is -0.478 e. The molecular weight excluding hydrogens is 336 g/mol. The van der Waals surface area contributed by atoms with E-state index in [0.717, 1.165) is 11.5 Å². The monoisotopic (exact) mass is 352 g/mol. The summed E-state index contributed by atoms with van der Waals surface area (Å²) in [4.78, 5) is 33.2. The van der Waals surface area contributed by atoms with Crippen LogP contribution in [-0.4, -0.2) is 45.2 Å². The summed E-state index contributed by atoms with van der Waals surface area (Å²) in [5.41, 5.74) is 1.24. The van der Waals surface area contributed by atoms with Crippen molar-refractivity contribution < 1.29 is 19.4 Å². The van der Waals surface area contributed by atoms with Gasteiger partial charge in [-0.3, -0.25) is 0 Å². The summed E-state index contributed by atoms with van der Waals surface area (Å²) in [5.74, 6) is -0.0348. The van der Waals surface area contributed by atoms with Gasteiger partial charge in [-0.25, -0.2) is 19.6 Å². The number of hydrogen-bond acceptors (Lipinski definition) is 6. The number of methoxy groups -OCH3 is 1. The van der Waals surface area contributed by atoms with E-state index in [1.54, 1.807) is 6.07 Å². The van der Waals surface area contributed by atoms with Crippen molar-refractivity contribution in [2.45, 2.75) is 20.0 Å². The van der Waals surface area contributed by atoms with Crippen LogP contribution in [0.1, 0.15) is 32.4 Å². The summed E-state index contributed by atoms with van der Waals surface area (Å²) in [6, 6.07) is 3.18. The minimum atomic E-state index is -1.01. The average Bonchev–Trinajstić information content (AvgIpc) is 2.90. The third kappa shape index (κ3) is 3.05. The lowest BCUT2D eigenvalue weighted by molar-refractivity contribution is 0.0592. The summed E-state index contributed by atoms with van der Waals surface area (Å²) in [7, 11) is 1.33. The Bertz CT molecular complexity index is 773. The van der Waals surface area contributed by atoms with Crippen LogP contribution in [0.15, 0.2) is 18.3 Å². The highest BCUT2D eigenvalue weighted by atomic mass is 35.5. The molecule has 3 heterocycles. The number of pyridine rings is 1. The van der Waals surface area contributed by atoms with Gasteiger partial charge in [-0.05, 0) is 19.1 Å². The molecule has 1 aliphatic rings. The molecule has 0 aliphatic carbocycles. The van der Waals surface area contributed by atoms with Crippen molar-refractivity contribution in [3.8, 4) is 0 Å². The molecule has 1 aliphatic heterocycles. The fraction of sp³-hybridized carbons (Fsp3) is 0.333. The molecule has 0 radical (unpaired) electrons. The van der Waals surface area contributed by atoms with Crippen molar-refractivity contribution in [1.82, 2.24) is 14.5 Å². The summed E-state index contributed by atoms with van der Waals surface area (Å²) in [6.45, 7) is 3.69. The number of carbonyl (C=O) groups is 2. The lowest BCUT2D eigenvalue weighted by Crippen LogP contribution is -2.35. The highest BCUT2D eigenvalue weighted by molar-refractivity contribution is 5.89. The number of esters is 1. The molecule has 0 bridgehead atoms. The Balaban J connectivity index is 0.00000208. The SMILES string of the molecule is COC(=O)c1nc(C)n2c1CN(c1ccc(C(=O)O)cn1)CC2.Cl. The number of aromatic nitrogens is 3. The van der Waals surface area contributed by atoms with Crippen molar-refractivity contribution in [1.29, 1.82) is 0 Å². The number of halogens is 1. The standard InChI is InChI=1S/C15H16N4O4.ClH/c1-9-17-13(15(22)23-2)11-8-18(5-6-19(9)11)12-4-3-10(7-16-12)14(20)21;/h3-4,7H,5-6,8H2,1-2H3,(H,20,21);1H. The van der Waals surface area contributed by atoms with Crippen molar-refractivity contribution in [3.63, 3.8) is 0 Å². The third-order valence-corrected chi connectivity index (χ3v) is 3.90. The van der Waals surface area contributed by atoms with Crippen LogP contribution in [0.2, 0.25) is 0 Å². The Kier molecular flexibility index (Phi) is 5.08. The fourth-order valence-corrected chi connectivity index (χ4v) is 2.70. The van der Waals surface area contributed by atoms with Crippen LogP contribution in [0, 0.1) is 6.92 Å². The van der Waals surface area contributed by atoms with Gasteiger partial charge in [-0.2, -0.15) is 0 Å². The van der Waals surface area contributed by atoms with Crippen LogP contribution in [0.5, 0.6) is 0 Å². The number of aromatic carboxylic acids is 1. The van der Waals surface area contributed by atoms with Crippen molar-refractivity contribution in [3.05, 3.63) is 41.1 Å². The zero-order valence-electron chi connectivity index (χ0n) is 13.2. The topological polar surface area (TPSA) is 97.6 Å². The third-order valence-electron chi connectivity index (χ3n) is 3.90. The minimum absolute atomic E-state index is 0. The van der Waals surface area contributed by atoms with Crippen LogP contribution >= 0.6 is 12.4 Å². The number of nitrogens with zero attached hydrogens (tertiary/aromatic N) is 4. The van der Waals surface area contributed by atoms with E-state index < -0.39 is 11.9 Å². The van der Waals surface area contributed by atoms with Gasteiger partial charge in [0.1, 0.15) is 11.6 Å². The quantitative estimate of drug-likeness (QED) is 0.836. The van der Waals surface area contributed by atoms with Crippen LogP contribution < -0.4 is 4.90 Å². The number of aryl methyl sites for hydroxylation is 1. The molecule has 1 N–H and O–H groups in total. The number of imidazole rings is 1. The predicted octanol–water partition coefficient (Wildman–Crippen LogP) is 1.51. The first kappa shape index (κ1) is 17.7. The van der Waals surface area contributed by atoms with E-state index >= 15 is 0 Å². The van der Waals surface area contributed by atoms with E-state index in [4.69, 9.17) is 9.84 Å². The van der Waals surface area contributed by atoms with Crippen molar-refractivity contribution in [2.24, 2.45) is 0 Å². The first-order valence-corrected chi connectivity index (χ1v) is 7.10. The maximum absolute atomic E-state index is 11.9. The molecule has 9 heteroatoms. The van der Waals surface area contributed by atoms with Gasteiger partial charge in [0.05, 0.1) is 24.9 Å². The highest BCUT2D eigenvalue weighted by Gasteiger charge is 2.27. The second kappa shape index (κ2) is 6.88. The molecule has 0 saturated carbocycles. The molecule has 0 atom stereocenters. The summed E-state index contributed by atoms with van der Waals surface area (Å²) in [6.07, 6.45) is 1.33. The van der Waals surface area contributed by atoms with E-state index in [0.29, 0.717) is 31.1 Å². The molecule has 2 aromatic rings. The summed E-state index contributed by atoms with van der Waals surface area (Å²) >= 11 is 0. The molecule has 0 saturated heterocycles. The molecule has 24 heavy (non-hydrogen) atoms. The molecular formula is C15H17ClN4O4. The molecule has 0 amide bonds. The second-order valence-electron chi connectivity index (χ2n) is 5.23. The zero-order chi connectivity index (χ0) is 16.6. The van der Waals surface area contributed by atoms with E-state index in [1.807, 2.05) is 16.4 Å². The maximum Gasteiger partial charge on any atom is 0.358 e. The zero-order valence-corrected chi connectivity index (χ0v) is 14.0. The molecule has 2 aromatic heterocycles. The van der Waals surface area contributed by atoms with Gasteiger partial charge in [0.15, 0.2) is 5.69 Å². The molecule has 3 rings (SSSR count). The smallest absolute Gasteiger partial charge is 0.358 e. The maximum atomic E-state index is 11.9. The largest absolute Gasteiger partial charge is 0.478 e. The Labute approximate surface area is 144 Å². The Morgan fingerprint density at radius 3 is 2.62 bits per heavy atom. The number of fused-ring (bicyclic) bond motifs is 1. The first-order chi connectivity index (χ1) is 11.0. The molecule has 0 fully saturated rings. The number of rotatable bonds is 3. The van der Waals surface area contributed by atoms with Crippen LogP contribution in [0.4, 0.5) is 5.82 Å². The highest BCUT2D eigenvalue weighted by Crippen LogP contribution is 2.23. The summed E-state index contributed by atoms with van der Waals surface area (Å²) in [5, 5.41) is 8.93. The average molecular weight is 353 g/mol. The van der Waals surface area contributed by atoms with Gasteiger partial charge < -0.3 is 19.3 Å². The summed E-state index contributed by atoms with van der Waals surface area (Å²) < 4.78 is 6.78. The first-order valence-electron chi connectivity index (χ1n) is 7.10. The Morgan fingerprint density at radius 1 is 1.29 bits per heavy atom. The number of ether oxygens (including phenoxy) is 1. The van der Waals surface area contributed by atoms with Crippen LogP contribution in [-0.2, 0) is 17.8 Å². The van der Waals surface area contributed by atoms with Crippen molar-refractivity contribution in [2.75, 3.05) is 18.6 Å². The van der Waals surface area contributed by atoms with Gasteiger partial charge in [0.2, 0.25) is 0 Å². The predicted molar refractivity (Wildman–Crippen MR) is 87.8 cm³/mol. The molecule has 128 valence electrons. The van der Waals surface area contributed by atoms with Gasteiger partial charge in [0, 0.05) is 19.3 Å². The van der Waals surface area contributed by atoms with E-state index in [9.17, 15) is 9.59 Å². The van der Waals surface area contributed by atoms with Gasteiger partial charge in [0.25, 0.3) is 0 Å². The van der Waals surface area contributed by atoms with Gasteiger partial charge in [-0.1, -0.05) is 0 Å². The molecule has 0 spiro atoms. The lowest BCUT2D eigenvalue weighted by atomic mass is 10.2. The number of carboxylic acids is 1. The number of carboxylic acid groups (broad SMARTS) is 1. The van der Waals surface area contributed by atoms with Gasteiger partial charge in [-0.15, -0.1) is 12.4 Å². The Morgan fingerprint density at radius 2 is 2.04 bits per heavy atom. The second-order valence-corrected chi connectivity index (χ2v) is 5.23. The van der Waals surface area contributed by atoms with Crippen LogP contribution in [0.25, 0.3) is 0 Å². The normalized spacial score (nSPS) is 13.0. The molecule has 0 aromatic carbocycles. The van der Waals surface area contributed by atoms with Gasteiger partial charge >= 0.3 is 11.9 Å². The van der Waals surface area contributed by atoms with E-state index in [1.165, 1.54) is 19.4 Å². The fourth-order valence-electron chi connectivity index (χ4n) is 2.70. The van der Waals surface area contributed by atoms with E-state index in [-0.39, 0.29) is 18.0 Å². The molecule has 8 nitrogen and oxygen atoms in total. The lowest BCUT2D eigenvalue weighted by Gasteiger charge is -2.30. The van der Waals surface area contributed by atoms with Crippen LogP contribution in [0.3, 0.4) is 0 Å². The van der Waals surface area contributed by atoms with E-state index in [2.05, 4.69) is 9.97 Å². The number of hydrogen-bond donors (Lipinski definition) is 1. The number of anilines is 1. The Hall–Kier alpha value is -2.61. The number of carbonyl (C=O) groups excluding carboxylic acids is 1.